The number of phenolic OH excluding ortho intramolecular Hbond substituents is 1. The first kappa shape index (κ1) is 18.1. The van der Waals surface area contributed by atoms with Crippen LogP contribution in [0.2, 0.25) is 0 Å². The van der Waals surface area contributed by atoms with E-state index in [0.29, 0.717) is 22.3 Å². The zero-order chi connectivity index (χ0) is 21.7. The number of halogens is 1. The molecule has 0 bridgehead atoms. The summed E-state index contributed by atoms with van der Waals surface area (Å²) in [7, 11) is 0. The fourth-order valence-corrected chi connectivity index (χ4v) is 3.82. The minimum Gasteiger partial charge on any atom is -0.508 e. The van der Waals surface area contributed by atoms with Crippen molar-refractivity contribution >= 4 is 21.9 Å². The zero-order valence-corrected chi connectivity index (χ0v) is 16.4. The van der Waals surface area contributed by atoms with Crippen molar-refractivity contribution in [2.45, 2.75) is 0 Å². The Morgan fingerprint density at radius 3 is 2.56 bits per heavy atom. The van der Waals surface area contributed by atoms with Crippen molar-refractivity contribution in [2.24, 2.45) is 0 Å². The van der Waals surface area contributed by atoms with Crippen LogP contribution in [0.25, 0.3) is 55.7 Å². The molecule has 3 N–H and O–H groups in total. The van der Waals surface area contributed by atoms with Crippen molar-refractivity contribution in [3.63, 3.8) is 0 Å². The third-order valence-corrected chi connectivity index (χ3v) is 5.26. The molecular weight excluding hydrogens is 409 g/mol. The van der Waals surface area contributed by atoms with Gasteiger partial charge in [-0.25, -0.2) is 19.3 Å². The maximum atomic E-state index is 13.9. The van der Waals surface area contributed by atoms with Crippen LogP contribution in [0.3, 0.4) is 0 Å². The van der Waals surface area contributed by atoms with Gasteiger partial charge in [-0.2, -0.15) is 5.10 Å². The summed E-state index contributed by atoms with van der Waals surface area (Å²) in [5.41, 5.74) is 6.36. The van der Waals surface area contributed by atoms with Gasteiger partial charge >= 0.3 is 0 Å². The molecule has 0 amide bonds. The molecule has 0 spiro atoms. The average Bonchev–Trinajstić information content (AvgIpc) is 3.42. The van der Waals surface area contributed by atoms with Gasteiger partial charge in [0.05, 0.1) is 28.6 Å². The Morgan fingerprint density at radius 1 is 0.844 bits per heavy atom. The first-order valence-corrected chi connectivity index (χ1v) is 9.73. The number of rotatable bonds is 3. The standard InChI is InChI=1S/C23H14FN7O/c24-14-3-12(4-15(32)5-14)17-9-25-10-21-16(17)6-20(28-21)23-22-19(30-31-23)2-1-18(29-22)13-7-26-11-27-8-13/h1-11,28,32H,(H,30,31). The molecule has 5 aromatic heterocycles. The van der Waals surface area contributed by atoms with E-state index in [0.717, 1.165) is 39.4 Å². The van der Waals surface area contributed by atoms with E-state index in [2.05, 4.69) is 30.1 Å². The van der Waals surface area contributed by atoms with Crippen molar-refractivity contribution in [1.29, 1.82) is 0 Å². The third-order valence-electron chi connectivity index (χ3n) is 5.26. The van der Waals surface area contributed by atoms with Crippen LogP contribution in [-0.2, 0) is 0 Å². The fraction of sp³-hybridized carbons (Fsp3) is 0. The molecule has 0 fully saturated rings. The molecule has 0 aliphatic carbocycles. The van der Waals surface area contributed by atoms with Crippen LogP contribution in [0.4, 0.5) is 4.39 Å². The molecule has 1 aromatic carbocycles. The minimum atomic E-state index is -0.521. The number of hydrogen-bond acceptors (Lipinski definition) is 6. The summed E-state index contributed by atoms with van der Waals surface area (Å²) < 4.78 is 13.9. The smallest absolute Gasteiger partial charge is 0.135 e. The maximum Gasteiger partial charge on any atom is 0.135 e. The molecule has 0 atom stereocenters. The largest absolute Gasteiger partial charge is 0.508 e. The lowest BCUT2D eigenvalue weighted by molar-refractivity contribution is 0.469. The van der Waals surface area contributed by atoms with Gasteiger partial charge in [-0.3, -0.25) is 10.1 Å². The lowest BCUT2D eigenvalue weighted by Crippen LogP contribution is -1.87. The van der Waals surface area contributed by atoms with Crippen LogP contribution < -0.4 is 0 Å². The SMILES string of the molecule is Oc1cc(F)cc(-c2cncc3[nH]c(-c4n[nH]c5ccc(-c6cncnc6)nc45)cc23)c1. The summed E-state index contributed by atoms with van der Waals surface area (Å²) in [6.45, 7) is 0. The number of aromatic hydroxyl groups is 1. The molecule has 6 aromatic rings. The van der Waals surface area contributed by atoms with E-state index in [4.69, 9.17) is 4.98 Å². The van der Waals surface area contributed by atoms with Crippen molar-refractivity contribution in [1.82, 2.24) is 35.1 Å². The molecule has 8 nitrogen and oxygen atoms in total. The van der Waals surface area contributed by atoms with Crippen LogP contribution >= 0.6 is 0 Å². The number of nitrogens with one attached hydrogen (secondary N) is 2. The Labute approximate surface area is 179 Å². The number of pyridine rings is 2. The summed E-state index contributed by atoms with van der Waals surface area (Å²) in [6.07, 6.45) is 8.21. The molecule has 0 saturated carbocycles. The van der Waals surface area contributed by atoms with Gasteiger partial charge in [0.2, 0.25) is 0 Å². The molecule has 0 unspecified atom stereocenters. The first-order valence-electron chi connectivity index (χ1n) is 9.73. The Balaban J connectivity index is 1.52. The number of H-pyrrole nitrogens is 2. The van der Waals surface area contributed by atoms with E-state index in [1.165, 1.54) is 18.5 Å². The van der Waals surface area contributed by atoms with Crippen molar-refractivity contribution in [3.05, 3.63) is 73.3 Å². The average molecular weight is 423 g/mol. The predicted molar refractivity (Wildman–Crippen MR) is 117 cm³/mol. The highest BCUT2D eigenvalue weighted by Crippen LogP contribution is 2.34. The van der Waals surface area contributed by atoms with E-state index in [-0.39, 0.29) is 5.75 Å². The monoisotopic (exact) mass is 423 g/mol. The van der Waals surface area contributed by atoms with Crippen LogP contribution in [0.5, 0.6) is 5.75 Å². The highest BCUT2D eigenvalue weighted by molar-refractivity contribution is 6.00. The Kier molecular flexibility index (Phi) is 3.94. The summed E-state index contributed by atoms with van der Waals surface area (Å²) in [4.78, 5) is 20.5. The Bertz CT molecular complexity index is 1590. The van der Waals surface area contributed by atoms with Crippen molar-refractivity contribution < 1.29 is 9.50 Å². The number of hydrogen-bond donors (Lipinski definition) is 3. The number of benzene rings is 1. The second-order valence-corrected chi connectivity index (χ2v) is 7.32. The van der Waals surface area contributed by atoms with Gasteiger partial charge in [0.1, 0.15) is 29.1 Å². The highest BCUT2D eigenvalue weighted by Gasteiger charge is 2.16. The molecule has 32 heavy (non-hydrogen) atoms. The molecule has 0 radical (unpaired) electrons. The van der Waals surface area contributed by atoms with E-state index < -0.39 is 5.82 Å². The third kappa shape index (κ3) is 2.95. The van der Waals surface area contributed by atoms with E-state index in [9.17, 15) is 9.50 Å². The van der Waals surface area contributed by atoms with Crippen LogP contribution in [0, 0.1) is 5.82 Å². The van der Waals surface area contributed by atoms with Gasteiger partial charge in [-0.05, 0) is 35.9 Å². The number of fused-ring (bicyclic) bond motifs is 2. The van der Waals surface area contributed by atoms with E-state index in [1.54, 1.807) is 24.8 Å². The first-order chi connectivity index (χ1) is 15.7. The molecule has 0 saturated heterocycles. The van der Waals surface area contributed by atoms with Gasteiger partial charge < -0.3 is 10.1 Å². The molecule has 5 heterocycles. The zero-order valence-electron chi connectivity index (χ0n) is 16.4. The van der Waals surface area contributed by atoms with Gasteiger partial charge in [-0.1, -0.05) is 0 Å². The van der Waals surface area contributed by atoms with Gasteiger partial charge in [0.25, 0.3) is 0 Å². The molecule has 0 aliphatic heterocycles. The lowest BCUT2D eigenvalue weighted by Gasteiger charge is -2.04. The number of phenols is 1. The molecular formula is C23H14FN7O. The molecule has 0 aliphatic rings. The van der Waals surface area contributed by atoms with Gasteiger partial charge in [0.15, 0.2) is 0 Å². The number of nitrogens with zero attached hydrogens (tertiary/aromatic N) is 5. The Hall–Kier alpha value is -4.66. The summed E-state index contributed by atoms with van der Waals surface area (Å²) in [5, 5.41) is 18.1. The quantitative estimate of drug-likeness (QED) is 0.387. The molecule has 6 rings (SSSR count). The lowest BCUT2D eigenvalue weighted by atomic mass is 10.0. The second kappa shape index (κ2) is 6.95. The highest BCUT2D eigenvalue weighted by atomic mass is 19.1. The number of aromatic nitrogens is 7. The van der Waals surface area contributed by atoms with E-state index in [1.807, 2.05) is 18.2 Å². The fourth-order valence-electron chi connectivity index (χ4n) is 3.82. The molecule has 154 valence electrons. The predicted octanol–water partition coefficient (Wildman–Crippen LogP) is 4.47. The molecule has 9 heteroatoms. The van der Waals surface area contributed by atoms with Crippen LogP contribution in [0.15, 0.2) is 67.5 Å². The van der Waals surface area contributed by atoms with Crippen LogP contribution in [-0.4, -0.2) is 40.2 Å². The van der Waals surface area contributed by atoms with Gasteiger partial charge in [0, 0.05) is 41.2 Å². The van der Waals surface area contributed by atoms with Crippen LogP contribution in [0.1, 0.15) is 0 Å². The van der Waals surface area contributed by atoms with Crippen molar-refractivity contribution in [3.8, 4) is 39.5 Å². The topological polar surface area (TPSA) is 116 Å². The second-order valence-electron chi connectivity index (χ2n) is 7.32. The maximum absolute atomic E-state index is 13.9. The van der Waals surface area contributed by atoms with E-state index >= 15 is 0 Å². The Morgan fingerprint density at radius 2 is 1.72 bits per heavy atom. The summed E-state index contributed by atoms with van der Waals surface area (Å²) in [5.74, 6) is -0.666. The van der Waals surface area contributed by atoms with Gasteiger partial charge in [-0.15, -0.1) is 0 Å². The number of aromatic amines is 2. The summed E-state index contributed by atoms with van der Waals surface area (Å²) in [6, 6.07) is 9.65. The van der Waals surface area contributed by atoms with Crippen molar-refractivity contribution in [2.75, 3.05) is 0 Å². The summed E-state index contributed by atoms with van der Waals surface area (Å²) >= 11 is 0. The normalized spacial score (nSPS) is 11.4. The minimum absolute atomic E-state index is 0.146.